The van der Waals surface area contributed by atoms with Crippen LogP contribution < -0.4 is 4.90 Å². The Balaban J connectivity index is 1.60. The SMILES string of the molecule is Cc1nn2c(S(=O)(=O)N3CCN(c4ccccc4)CC3)c(C)nc2s1. The molecule has 1 aliphatic rings. The van der Waals surface area contributed by atoms with Gasteiger partial charge in [0.1, 0.15) is 5.01 Å². The number of fused-ring (bicyclic) bond motifs is 1. The van der Waals surface area contributed by atoms with Crippen molar-refractivity contribution in [2.75, 3.05) is 31.1 Å². The van der Waals surface area contributed by atoms with Crippen LogP contribution in [0.15, 0.2) is 35.4 Å². The third-order valence-electron chi connectivity index (χ3n) is 4.37. The summed E-state index contributed by atoms with van der Waals surface area (Å²) >= 11 is 1.40. The van der Waals surface area contributed by atoms with Gasteiger partial charge in [-0.3, -0.25) is 0 Å². The Kier molecular flexibility index (Phi) is 4.01. The molecule has 9 heteroatoms. The standard InChI is InChI=1S/C16H19N5O2S2/c1-12-15(21-16(17-12)24-13(2)18-21)25(22,23)20-10-8-19(9-11-20)14-6-4-3-5-7-14/h3-7H,8-11H2,1-2H3. The summed E-state index contributed by atoms with van der Waals surface area (Å²) in [6.45, 7) is 5.81. The zero-order chi connectivity index (χ0) is 17.6. The van der Waals surface area contributed by atoms with Crippen LogP contribution in [0.2, 0.25) is 0 Å². The summed E-state index contributed by atoms with van der Waals surface area (Å²) in [5.41, 5.74) is 1.63. The molecular formula is C16H19N5O2S2. The summed E-state index contributed by atoms with van der Waals surface area (Å²) in [5.74, 6) is 0. The average Bonchev–Trinajstić information content (AvgIpc) is 3.09. The molecule has 0 atom stereocenters. The first-order valence-corrected chi connectivity index (χ1v) is 10.4. The van der Waals surface area contributed by atoms with E-state index in [4.69, 9.17) is 0 Å². The topological polar surface area (TPSA) is 70.8 Å². The molecule has 0 spiro atoms. The minimum absolute atomic E-state index is 0.194. The summed E-state index contributed by atoms with van der Waals surface area (Å²) in [4.78, 5) is 7.19. The molecule has 1 fully saturated rings. The van der Waals surface area contributed by atoms with Crippen molar-refractivity contribution in [2.45, 2.75) is 18.9 Å². The quantitative estimate of drug-likeness (QED) is 0.697. The zero-order valence-electron chi connectivity index (χ0n) is 14.1. The van der Waals surface area contributed by atoms with Gasteiger partial charge in [0.25, 0.3) is 10.0 Å². The maximum absolute atomic E-state index is 13.1. The van der Waals surface area contributed by atoms with Crippen LogP contribution in [0.1, 0.15) is 10.7 Å². The Morgan fingerprint density at radius 2 is 1.72 bits per heavy atom. The second-order valence-corrected chi connectivity index (χ2v) is 9.06. The van der Waals surface area contributed by atoms with Gasteiger partial charge in [-0.05, 0) is 26.0 Å². The summed E-state index contributed by atoms with van der Waals surface area (Å²) < 4.78 is 29.3. The van der Waals surface area contributed by atoms with Gasteiger partial charge < -0.3 is 4.90 Å². The van der Waals surface area contributed by atoms with Crippen molar-refractivity contribution in [1.82, 2.24) is 18.9 Å². The predicted octanol–water partition coefficient (Wildman–Crippen LogP) is 1.92. The van der Waals surface area contributed by atoms with Crippen molar-refractivity contribution in [3.63, 3.8) is 0 Å². The molecule has 2 aromatic heterocycles. The van der Waals surface area contributed by atoms with Gasteiger partial charge in [0.15, 0.2) is 5.03 Å². The van der Waals surface area contributed by atoms with Crippen LogP contribution in [-0.2, 0) is 10.0 Å². The maximum atomic E-state index is 13.1. The first-order chi connectivity index (χ1) is 12.0. The molecular weight excluding hydrogens is 358 g/mol. The van der Waals surface area contributed by atoms with E-state index in [2.05, 4.69) is 15.0 Å². The van der Waals surface area contributed by atoms with Crippen molar-refractivity contribution in [3.8, 4) is 0 Å². The number of nitrogens with zero attached hydrogens (tertiary/aromatic N) is 5. The van der Waals surface area contributed by atoms with Crippen molar-refractivity contribution in [2.24, 2.45) is 0 Å². The van der Waals surface area contributed by atoms with E-state index in [9.17, 15) is 8.42 Å². The highest BCUT2D eigenvalue weighted by Crippen LogP contribution is 2.26. The number of benzene rings is 1. The number of hydrogen-bond acceptors (Lipinski definition) is 6. The van der Waals surface area contributed by atoms with Crippen molar-refractivity contribution in [3.05, 3.63) is 41.0 Å². The van der Waals surface area contributed by atoms with E-state index in [-0.39, 0.29) is 5.03 Å². The summed E-state index contributed by atoms with van der Waals surface area (Å²) in [5, 5.41) is 5.31. The number of aryl methyl sites for hydroxylation is 2. The minimum atomic E-state index is -3.62. The number of para-hydroxylation sites is 1. The van der Waals surface area contributed by atoms with Crippen molar-refractivity contribution in [1.29, 1.82) is 0 Å². The fraction of sp³-hybridized carbons (Fsp3) is 0.375. The van der Waals surface area contributed by atoms with E-state index >= 15 is 0 Å². The van der Waals surface area contributed by atoms with Crippen LogP contribution in [0.3, 0.4) is 0 Å². The number of piperazine rings is 1. The molecule has 25 heavy (non-hydrogen) atoms. The van der Waals surface area contributed by atoms with Gasteiger partial charge in [-0.15, -0.1) is 0 Å². The number of rotatable bonds is 3. The third-order valence-corrected chi connectivity index (χ3v) is 7.20. The Bertz CT molecular complexity index is 1000. The molecule has 0 saturated carbocycles. The van der Waals surface area contributed by atoms with Gasteiger partial charge in [-0.1, -0.05) is 29.5 Å². The molecule has 3 heterocycles. The van der Waals surface area contributed by atoms with E-state index in [1.54, 1.807) is 6.92 Å². The average molecular weight is 377 g/mol. The van der Waals surface area contributed by atoms with Gasteiger partial charge in [-0.2, -0.15) is 13.9 Å². The molecule has 0 unspecified atom stereocenters. The first kappa shape index (κ1) is 16.5. The second kappa shape index (κ2) is 6.08. The van der Waals surface area contributed by atoms with E-state index in [0.29, 0.717) is 36.8 Å². The van der Waals surface area contributed by atoms with Crippen molar-refractivity contribution < 1.29 is 8.42 Å². The minimum Gasteiger partial charge on any atom is -0.369 e. The molecule has 3 aromatic rings. The summed E-state index contributed by atoms with van der Waals surface area (Å²) in [6.07, 6.45) is 0. The number of aromatic nitrogens is 3. The second-order valence-electron chi connectivity index (χ2n) is 6.04. The molecule has 7 nitrogen and oxygen atoms in total. The van der Waals surface area contributed by atoms with Gasteiger partial charge in [-0.25, -0.2) is 13.4 Å². The highest BCUT2D eigenvalue weighted by atomic mass is 32.2. The molecule has 1 saturated heterocycles. The van der Waals surface area contributed by atoms with Gasteiger partial charge in [0.05, 0.1) is 5.69 Å². The normalized spacial score (nSPS) is 16.6. The molecule has 0 N–H and O–H groups in total. The third kappa shape index (κ3) is 2.82. The van der Waals surface area contributed by atoms with Gasteiger partial charge in [0, 0.05) is 31.9 Å². The molecule has 0 aliphatic carbocycles. The van der Waals surface area contributed by atoms with Gasteiger partial charge in [0.2, 0.25) is 4.96 Å². The van der Waals surface area contributed by atoms with E-state index in [0.717, 1.165) is 10.7 Å². The van der Waals surface area contributed by atoms with Gasteiger partial charge >= 0.3 is 0 Å². The van der Waals surface area contributed by atoms with Crippen LogP contribution in [0.4, 0.5) is 5.69 Å². The first-order valence-electron chi connectivity index (χ1n) is 8.10. The monoisotopic (exact) mass is 377 g/mol. The molecule has 0 bridgehead atoms. The predicted molar refractivity (Wildman–Crippen MR) is 97.8 cm³/mol. The lowest BCUT2D eigenvalue weighted by Gasteiger charge is -2.35. The number of anilines is 1. The number of imidazole rings is 1. The Hall–Kier alpha value is -1.97. The van der Waals surface area contributed by atoms with E-state index < -0.39 is 10.0 Å². The van der Waals surface area contributed by atoms with Crippen molar-refractivity contribution >= 4 is 32.0 Å². The van der Waals surface area contributed by atoms with Crippen LogP contribution in [0, 0.1) is 13.8 Å². The number of hydrogen-bond donors (Lipinski definition) is 0. The largest absolute Gasteiger partial charge is 0.369 e. The lowest BCUT2D eigenvalue weighted by atomic mass is 10.2. The van der Waals surface area contributed by atoms with E-state index in [1.165, 1.54) is 20.2 Å². The molecule has 0 radical (unpaired) electrons. The van der Waals surface area contributed by atoms with Crippen LogP contribution in [0.5, 0.6) is 0 Å². The summed E-state index contributed by atoms with van der Waals surface area (Å²) in [7, 11) is -3.62. The Morgan fingerprint density at radius 3 is 2.40 bits per heavy atom. The smallest absolute Gasteiger partial charge is 0.262 e. The lowest BCUT2D eigenvalue weighted by molar-refractivity contribution is 0.382. The number of sulfonamides is 1. The Labute approximate surface area is 150 Å². The molecule has 132 valence electrons. The highest BCUT2D eigenvalue weighted by Gasteiger charge is 2.33. The molecule has 1 aromatic carbocycles. The molecule has 0 amide bonds. The van der Waals surface area contributed by atoms with Crippen LogP contribution in [0.25, 0.3) is 4.96 Å². The van der Waals surface area contributed by atoms with Crippen LogP contribution >= 0.6 is 11.3 Å². The Morgan fingerprint density at radius 1 is 1.04 bits per heavy atom. The van der Waals surface area contributed by atoms with E-state index in [1.807, 2.05) is 37.3 Å². The molecule has 4 rings (SSSR count). The lowest BCUT2D eigenvalue weighted by Crippen LogP contribution is -2.49. The zero-order valence-corrected chi connectivity index (χ0v) is 15.7. The summed E-state index contributed by atoms with van der Waals surface area (Å²) in [6, 6.07) is 10.1. The van der Waals surface area contributed by atoms with Crippen LogP contribution in [-0.4, -0.2) is 53.5 Å². The maximum Gasteiger partial charge on any atom is 0.262 e. The molecule has 1 aliphatic heterocycles. The fourth-order valence-electron chi connectivity index (χ4n) is 3.17. The highest BCUT2D eigenvalue weighted by molar-refractivity contribution is 7.89. The fourth-order valence-corrected chi connectivity index (χ4v) is 5.67.